The highest BCUT2D eigenvalue weighted by atomic mass is 16.5. The summed E-state index contributed by atoms with van der Waals surface area (Å²) < 4.78 is 5.12. The summed E-state index contributed by atoms with van der Waals surface area (Å²) in [5.74, 6) is -1.34. The SMILES string of the molecule is O=C(OCCCc1ccccc1C(=O)O)c1ccc(O)cc1. The number of aromatic hydroxyl groups is 1. The van der Waals surface area contributed by atoms with Gasteiger partial charge in [0.2, 0.25) is 0 Å². The zero-order valence-corrected chi connectivity index (χ0v) is 11.9. The molecule has 0 saturated heterocycles. The maximum Gasteiger partial charge on any atom is 0.338 e. The molecule has 0 amide bonds. The number of phenols is 1. The van der Waals surface area contributed by atoms with Crippen molar-refractivity contribution in [3.8, 4) is 5.75 Å². The molecule has 2 aromatic carbocycles. The fourth-order valence-electron chi connectivity index (χ4n) is 2.06. The second-order valence-corrected chi connectivity index (χ2v) is 4.75. The molecule has 0 saturated carbocycles. The predicted octanol–water partition coefficient (Wildman–Crippen LogP) is 2.88. The van der Waals surface area contributed by atoms with Crippen LogP contribution in [0.3, 0.4) is 0 Å². The molecule has 0 aromatic heterocycles. The van der Waals surface area contributed by atoms with Gasteiger partial charge in [0.05, 0.1) is 17.7 Å². The summed E-state index contributed by atoms with van der Waals surface area (Å²) in [5.41, 5.74) is 1.35. The van der Waals surface area contributed by atoms with Gasteiger partial charge in [-0.15, -0.1) is 0 Å². The second kappa shape index (κ2) is 7.26. The minimum Gasteiger partial charge on any atom is -0.508 e. The number of hydrogen-bond donors (Lipinski definition) is 2. The molecule has 0 bridgehead atoms. The van der Waals surface area contributed by atoms with Gasteiger partial charge in [0.1, 0.15) is 5.75 Å². The van der Waals surface area contributed by atoms with Crippen molar-refractivity contribution in [2.24, 2.45) is 0 Å². The highest BCUT2D eigenvalue weighted by Crippen LogP contribution is 2.13. The van der Waals surface area contributed by atoms with Gasteiger partial charge in [0.25, 0.3) is 0 Å². The van der Waals surface area contributed by atoms with Crippen molar-refractivity contribution in [3.63, 3.8) is 0 Å². The van der Waals surface area contributed by atoms with Crippen LogP contribution in [0.1, 0.15) is 32.7 Å². The summed E-state index contributed by atoms with van der Waals surface area (Å²) in [4.78, 5) is 22.8. The smallest absolute Gasteiger partial charge is 0.338 e. The van der Waals surface area contributed by atoms with Crippen LogP contribution in [0.25, 0.3) is 0 Å². The third-order valence-corrected chi connectivity index (χ3v) is 3.17. The van der Waals surface area contributed by atoms with Gasteiger partial charge >= 0.3 is 11.9 Å². The molecule has 0 aliphatic rings. The van der Waals surface area contributed by atoms with Crippen molar-refractivity contribution in [3.05, 3.63) is 65.2 Å². The molecule has 5 heteroatoms. The van der Waals surface area contributed by atoms with Crippen LogP contribution < -0.4 is 0 Å². The Hall–Kier alpha value is -2.82. The van der Waals surface area contributed by atoms with Gasteiger partial charge in [0, 0.05) is 0 Å². The summed E-state index contributed by atoms with van der Waals surface area (Å²) in [5, 5.41) is 18.2. The number of carboxylic acid groups (broad SMARTS) is 1. The first-order valence-corrected chi connectivity index (χ1v) is 6.85. The van der Waals surface area contributed by atoms with E-state index in [4.69, 9.17) is 14.9 Å². The van der Waals surface area contributed by atoms with E-state index in [0.29, 0.717) is 18.4 Å². The molecule has 0 atom stereocenters. The number of benzene rings is 2. The van der Waals surface area contributed by atoms with Gasteiger partial charge in [-0.05, 0) is 48.7 Å². The highest BCUT2D eigenvalue weighted by Gasteiger charge is 2.10. The number of aryl methyl sites for hydroxylation is 1. The lowest BCUT2D eigenvalue weighted by atomic mass is 10.0. The van der Waals surface area contributed by atoms with E-state index in [9.17, 15) is 9.59 Å². The molecule has 2 aromatic rings. The van der Waals surface area contributed by atoms with E-state index in [1.807, 2.05) is 0 Å². The van der Waals surface area contributed by atoms with E-state index < -0.39 is 11.9 Å². The fourth-order valence-corrected chi connectivity index (χ4v) is 2.06. The van der Waals surface area contributed by atoms with Crippen LogP contribution in [-0.2, 0) is 11.2 Å². The average Bonchev–Trinajstić information content (AvgIpc) is 2.52. The van der Waals surface area contributed by atoms with Crippen molar-refractivity contribution in [1.82, 2.24) is 0 Å². The number of ether oxygens (including phenoxy) is 1. The molecule has 0 radical (unpaired) electrons. The zero-order valence-electron chi connectivity index (χ0n) is 11.9. The Labute approximate surface area is 127 Å². The first kappa shape index (κ1) is 15.6. The van der Waals surface area contributed by atoms with E-state index in [1.54, 1.807) is 24.3 Å². The Morgan fingerprint density at radius 3 is 2.36 bits per heavy atom. The minimum atomic E-state index is -0.961. The number of hydrogen-bond acceptors (Lipinski definition) is 4. The topological polar surface area (TPSA) is 83.8 Å². The standard InChI is InChI=1S/C17H16O5/c18-14-9-7-13(8-10-14)17(21)22-11-3-5-12-4-1-2-6-15(12)16(19)20/h1-2,4,6-10,18H,3,5,11H2,(H,19,20). The molecule has 2 N–H and O–H groups in total. The van der Waals surface area contributed by atoms with Gasteiger partial charge in [-0.3, -0.25) is 0 Å². The number of rotatable bonds is 6. The Bertz CT molecular complexity index is 661. The molecule has 0 fully saturated rings. The van der Waals surface area contributed by atoms with Crippen LogP contribution in [0.2, 0.25) is 0 Å². The molecule has 0 unspecified atom stereocenters. The Morgan fingerprint density at radius 1 is 1.00 bits per heavy atom. The Balaban J connectivity index is 1.83. The summed E-state index contributed by atoms with van der Waals surface area (Å²) in [6, 6.07) is 12.6. The molecule has 0 aliphatic carbocycles. The van der Waals surface area contributed by atoms with E-state index in [1.165, 1.54) is 24.3 Å². The second-order valence-electron chi connectivity index (χ2n) is 4.75. The maximum atomic E-state index is 11.7. The summed E-state index contributed by atoms with van der Waals surface area (Å²) in [6.07, 6.45) is 1.06. The lowest BCUT2D eigenvalue weighted by Crippen LogP contribution is -2.08. The Morgan fingerprint density at radius 2 is 1.68 bits per heavy atom. The van der Waals surface area contributed by atoms with Crippen LogP contribution in [0.5, 0.6) is 5.75 Å². The van der Waals surface area contributed by atoms with Crippen LogP contribution in [0.15, 0.2) is 48.5 Å². The van der Waals surface area contributed by atoms with E-state index in [2.05, 4.69) is 0 Å². The quantitative estimate of drug-likeness (QED) is 0.633. The van der Waals surface area contributed by atoms with E-state index >= 15 is 0 Å². The molecule has 22 heavy (non-hydrogen) atoms. The predicted molar refractivity (Wildman–Crippen MR) is 80.1 cm³/mol. The van der Waals surface area contributed by atoms with Gasteiger partial charge in [-0.25, -0.2) is 9.59 Å². The normalized spacial score (nSPS) is 10.2. The number of esters is 1. The van der Waals surface area contributed by atoms with Crippen LogP contribution in [0, 0.1) is 0 Å². The molecule has 0 heterocycles. The summed E-state index contributed by atoms with van der Waals surface area (Å²) in [6.45, 7) is 0.202. The summed E-state index contributed by atoms with van der Waals surface area (Å²) >= 11 is 0. The lowest BCUT2D eigenvalue weighted by molar-refractivity contribution is 0.0499. The Kier molecular flexibility index (Phi) is 5.14. The van der Waals surface area contributed by atoms with Crippen molar-refractivity contribution >= 4 is 11.9 Å². The molecular weight excluding hydrogens is 284 g/mol. The van der Waals surface area contributed by atoms with Gasteiger partial charge in [-0.2, -0.15) is 0 Å². The summed E-state index contributed by atoms with van der Waals surface area (Å²) in [7, 11) is 0. The number of phenolic OH excluding ortho intramolecular Hbond substituents is 1. The van der Waals surface area contributed by atoms with Crippen LogP contribution in [0.4, 0.5) is 0 Å². The first-order valence-electron chi connectivity index (χ1n) is 6.85. The maximum absolute atomic E-state index is 11.7. The minimum absolute atomic E-state index is 0.0850. The highest BCUT2D eigenvalue weighted by molar-refractivity contribution is 5.90. The monoisotopic (exact) mass is 300 g/mol. The van der Waals surface area contributed by atoms with Crippen molar-refractivity contribution in [2.45, 2.75) is 12.8 Å². The van der Waals surface area contributed by atoms with E-state index in [0.717, 1.165) is 5.56 Å². The largest absolute Gasteiger partial charge is 0.508 e. The third kappa shape index (κ3) is 4.09. The third-order valence-electron chi connectivity index (χ3n) is 3.17. The zero-order chi connectivity index (χ0) is 15.9. The number of carboxylic acids is 1. The van der Waals surface area contributed by atoms with Crippen molar-refractivity contribution in [2.75, 3.05) is 6.61 Å². The number of carbonyl (C=O) groups excluding carboxylic acids is 1. The average molecular weight is 300 g/mol. The molecule has 2 rings (SSSR count). The number of carbonyl (C=O) groups is 2. The van der Waals surface area contributed by atoms with Crippen LogP contribution in [-0.4, -0.2) is 28.8 Å². The first-order chi connectivity index (χ1) is 10.6. The van der Waals surface area contributed by atoms with Crippen LogP contribution >= 0.6 is 0 Å². The molecule has 0 aliphatic heterocycles. The van der Waals surface area contributed by atoms with Gasteiger partial charge < -0.3 is 14.9 Å². The van der Waals surface area contributed by atoms with Crippen molar-refractivity contribution < 1.29 is 24.5 Å². The van der Waals surface area contributed by atoms with Gasteiger partial charge in [0.15, 0.2) is 0 Å². The molecule has 114 valence electrons. The van der Waals surface area contributed by atoms with Gasteiger partial charge in [-0.1, -0.05) is 18.2 Å². The fraction of sp³-hybridized carbons (Fsp3) is 0.176. The van der Waals surface area contributed by atoms with Crippen molar-refractivity contribution in [1.29, 1.82) is 0 Å². The molecule has 0 spiro atoms. The molecular formula is C17H16O5. The molecule has 5 nitrogen and oxygen atoms in total. The number of aromatic carboxylic acids is 1. The lowest BCUT2D eigenvalue weighted by Gasteiger charge is -2.07. The van der Waals surface area contributed by atoms with E-state index in [-0.39, 0.29) is 17.9 Å².